The molecule has 0 unspecified atom stereocenters. The lowest BCUT2D eigenvalue weighted by Crippen LogP contribution is -2.12. The highest BCUT2D eigenvalue weighted by molar-refractivity contribution is 6.32. The number of pyridine rings is 1. The van der Waals surface area contributed by atoms with E-state index in [-0.39, 0.29) is 12.4 Å². The third kappa shape index (κ3) is 3.26. The minimum absolute atomic E-state index is 0.165. The number of hydrogen-bond donors (Lipinski definition) is 0. The predicted molar refractivity (Wildman–Crippen MR) is 79.9 cm³/mol. The molecule has 0 amide bonds. The summed E-state index contributed by atoms with van der Waals surface area (Å²) in [5, 5.41) is 2.50. The van der Waals surface area contributed by atoms with Crippen molar-refractivity contribution < 1.29 is 9.53 Å². The molecule has 0 spiro atoms. The molecule has 0 N–H and O–H groups in total. The fourth-order valence-corrected chi connectivity index (χ4v) is 2.33. The van der Waals surface area contributed by atoms with Gasteiger partial charge in [-0.05, 0) is 37.2 Å². The Kier molecular flexibility index (Phi) is 4.57. The van der Waals surface area contributed by atoms with E-state index in [4.69, 9.17) is 16.3 Å². The Morgan fingerprint density at radius 2 is 2.15 bits per heavy atom. The summed E-state index contributed by atoms with van der Waals surface area (Å²) in [4.78, 5) is 18.0. The van der Waals surface area contributed by atoms with Crippen molar-refractivity contribution in [1.29, 1.82) is 0 Å². The number of hydrogen-bond acceptors (Lipinski definition) is 4. The standard InChI is InChI=1S/C15H17ClN2O2/c1-18(2)9-11-6-12-10(8-17-11)4-5-14(16)13(12)7-15(19)20-3/h4-6,8H,7,9H2,1-3H3. The van der Waals surface area contributed by atoms with Gasteiger partial charge in [-0.1, -0.05) is 17.7 Å². The molecule has 0 bridgehead atoms. The lowest BCUT2D eigenvalue weighted by Gasteiger charge is -2.12. The van der Waals surface area contributed by atoms with Crippen molar-refractivity contribution in [3.63, 3.8) is 0 Å². The Balaban J connectivity index is 2.52. The lowest BCUT2D eigenvalue weighted by atomic mass is 10.0. The van der Waals surface area contributed by atoms with Gasteiger partial charge in [0, 0.05) is 23.2 Å². The van der Waals surface area contributed by atoms with Gasteiger partial charge < -0.3 is 9.64 Å². The molecule has 4 nitrogen and oxygen atoms in total. The summed E-state index contributed by atoms with van der Waals surface area (Å²) in [7, 11) is 5.35. The van der Waals surface area contributed by atoms with Crippen LogP contribution in [0.4, 0.5) is 0 Å². The molecule has 5 heteroatoms. The molecule has 0 aliphatic rings. The number of nitrogens with zero attached hydrogens (tertiary/aromatic N) is 2. The second-order valence-electron chi connectivity index (χ2n) is 4.91. The second-order valence-corrected chi connectivity index (χ2v) is 5.32. The summed E-state index contributed by atoms with van der Waals surface area (Å²) in [6.45, 7) is 0.736. The minimum atomic E-state index is -0.301. The molecule has 1 aromatic carbocycles. The predicted octanol–water partition coefficient (Wildman–Crippen LogP) is 2.67. The van der Waals surface area contributed by atoms with E-state index in [0.29, 0.717) is 5.02 Å². The molecular weight excluding hydrogens is 276 g/mol. The third-order valence-corrected chi connectivity index (χ3v) is 3.40. The molecule has 2 rings (SSSR count). The smallest absolute Gasteiger partial charge is 0.310 e. The van der Waals surface area contributed by atoms with Crippen LogP contribution >= 0.6 is 11.6 Å². The van der Waals surface area contributed by atoms with E-state index in [9.17, 15) is 4.79 Å². The topological polar surface area (TPSA) is 42.4 Å². The van der Waals surface area contributed by atoms with Gasteiger partial charge in [0.2, 0.25) is 0 Å². The molecule has 1 aromatic heterocycles. The Bertz CT molecular complexity index is 641. The first-order valence-electron chi connectivity index (χ1n) is 6.29. The number of carbonyl (C=O) groups is 1. The number of benzene rings is 1. The van der Waals surface area contributed by atoms with Crippen LogP contribution in [0.15, 0.2) is 24.4 Å². The molecular formula is C15H17ClN2O2. The summed E-state index contributed by atoms with van der Waals surface area (Å²) in [6, 6.07) is 5.68. The number of rotatable bonds is 4. The van der Waals surface area contributed by atoms with Gasteiger partial charge in [0.1, 0.15) is 0 Å². The van der Waals surface area contributed by atoms with Crippen molar-refractivity contribution in [2.75, 3.05) is 21.2 Å². The van der Waals surface area contributed by atoms with Crippen molar-refractivity contribution in [3.05, 3.63) is 40.7 Å². The van der Waals surface area contributed by atoms with Crippen LogP contribution in [0, 0.1) is 0 Å². The lowest BCUT2D eigenvalue weighted by molar-refractivity contribution is -0.139. The normalized spacial score (nSPS) is 11.1. The highest BCUT2D eigenvalue weighted by atomic mass is 35.5. The van der Waals surface area contributed by atoms with Crippen LogP contribution in [0.25, 0.3) is 10.8 Å². The average molecular weight is 293 g/mol. The first-order chi connectivity index (χ1) is 9.51. The van der Waals surface area contributed by atoms with Crippen molar-refractivity contribution in [1.82, 2.24) is 9.88 Å². The van der Waals surface area contributed by atoms with Crippen LogP contribution in [0.3, 0.4) is 0 Å². The van der Waals surface area contributed by atoms with E-state index in [1.165, 1.54) is 7.11 Å². The zero-order valence-electron chi connectivity index (χ0n) is 11.8. The molecule has 0 fully saturated rings. The molecule has 106 valence electrons. The summed E-state index contributed by atoms with van der Waals surface area (Å²) >= 11 is 6.22. The van der Waals surface area contributed by atoms with Crippen molar-refractivity contribution in [3.8, 4) is 0 Å². The first kappa shape index (κ1) is 14.8. The Morgan fingerprint density at radius 1 is 1.40 bits per heavy atom. The highest BCUT2D eigenvalue weighted by Crippen LogP contribution is 2.27. The quantitative estimate of drug-likeness (QED) is 0.813. The van der Waals surface area contributed by atoms with Crippen LogP contribution < -0.4 is 0 Å². The average Bonchev–Trinajstić information content (AvgIpc) is 2.41. The molecule has 2 aromatic rings. The van der Waals surface area contributed by atoms with Crippen LogP contribution in [0.1, 0.15) is 11.3 Å². The van der Waals surface area contributed by atoms with E-state index < -0.39 is 0 Å². The fraction of sp³-hybridized carbons (Fsp3) is 0.333. The summed E-state index contributed by atoms with van der Waals surface area (Å²) in [6.07, 6.45) is 1.98. The molecule has 0 aliphatic heterocycles. The van der Waals surface area contributed by atoms with E-state index in [2.05, 4.69) is 4.98 Å². The zero-order chi connectivity index (χ0) is 14.7. The van der Waals surface area contributed by atoms with Gasteiger partial charge >= 0.3 is 5.97 Å². The molecule has 0 radical (unpaired) electrons. The zero-order valence-corrected chi connectivity index (χ0v) is 12.6. The monoisotopic (exact) mass is 292 g/mol. The van der Waals surface area contributed by atoms with Crippen LogP contribution in [-0.2, 0) is 22.5 Å². The summed E-state index contributed by atoms with van der Waals surface area (Å²) in [5.74, 6) is -0.301. The minimum Gasteiger partial charge on any atom is -0.469 e. The van der Waals surface area contributed by atoms with Crippen LogP contribution in [0.5, 0.6) is 0 Å². The van der Waals surface area contributed by atoms with Gasteiger partial charge in [0.05, 0.1) is 19.2 Å². The molecule has 0 saturated carbocycles. The molecule has 0 aliphatic carbocycles. The second kappa shape index (κ2) is 6.20. The van der Waals surface area contributed by atoms with Gasteiger partial charge in [-0.3, -0.25) is 9.78 Å². The first-order valence-corrected chi connectivity index (χ1v) is 6.66. The van der Waals surface area contributed by atoms with E-state index in [0.717, 1.165) is 28.6 Å². The van der Waals surface area contributed by atoms with E-state index in [1.54, 1.807) is 6.07 Å². The number of esters is 1. The fourth-order valence-electron chi connectivity index (χ4n) is 2.10. The number of methoxy groups -OCH3 is 1. The third-order valence-electron chi connectivity index (χ3n) is 3.04. The van der Waals surface area contributed by atoms with Gasteiger partial charge in [0.15, 0.2) is 0 Å². The van der Waals surface area contributed by atoms with Crippen LogP contribution in [-0.4, -0.2) is 37.1 Å². The summed E-state index contributed by atoms with van der Waals surface area (Å²) < 4.78 is 4.73. The van der Waals surface area contributed by atoms with Gasteiger partial charge in [-0.15, -0.1) is 0 Å². The largest absolute Gasteiger partial charge is 0.469 e. The Morgan fingerprint density at radius 3 is 2.80 bits per heavy atom. The summed E-state index contributed by atoms with van der Waals surface area (Å²) in [5.41, 5.74) is 1.73. The van der Waals surface area contributed by atoms with Gasteiger partial charge in [-0.25, -0.2) is 0 Å². The van der Waals surface area contributed by atoms with Gasteiger partial charge in [0.25, 0.3) is 0 Å². The van der Waals surface area contributed by atoms with Crippen molar-refractivity contribution in [2.45, 2.75) is 13.0 Å². The highest BCUT2D eigenvalue weighted by Gasteiger charge is 2.12. The maximum atomic E-state index is 11.5. The van der Waals surface area contributed by atoms with Crippen molar-refractivity contribution in [2.24, 2.45) is 0 Å². The van der Waals surface area contributed by atoms with E-state index >= 15 is 0 Å². The number of carbonyl (C=O) groups excluding carboxylic acids is 1. The maximum absolute atomic E-state index is 11.5. The number of fused-ring (bicyclic) bond motifs is 1. The SMILES string of the molecule is COC(=O)Cc1c(Cl)ccc2cnc(CN(C)C)cc12. The van der Waals surface area contributed by atoms with Crippen LogP contribution in [0.2, 0.25) is 5.02 Å². The van der Waals surface area contributed by atoms with E-state index in [1.807, 2.05) is 37.3 Å². The molecule has 0 saturated heterocycles. The Labute approximate surface area is 123 Å². The Hall–Kier alpha value is -1.65. The number of ether oxygens (including phenoxy) is 1. The number of aromatic nitrogens is 1. The molecule has 1 heterocycles. The maximum Gasteiger partial charge on any atom is 0.310 e. The van der Waals surface area contributed by atoms with Crippen molar-refractivity contribution >= 4 is 28.3 Å². The molecule has 0 atom stereocenters. The number of halogens is 1. The molecule has 20 heavy (non-hydrogen) atoms. The van der Waals surface area contributed by atoms with Gasteiger partial charge in [-0.2, -0.15) is 0 Å².